The van der Waals surface area contributed by atoms with Gasteiger partial charge in [0.1, 0.15) is 0 Å². The number of anilines is 1. The summed E-state index contributed by atoms with van der Waals surface area (Å²) >= 11 is 5.98. The van der Waals surface area contributed by atoms with Gasteiger partial charge in [-0.25, -0.2) is 0 Å². The summed E-state index contributed by atoms with van der Waals surface area (Å²) in [6.45, 7) is 1.61. The molecular weight excluding hydrogens is 333 g/mol. The first-order chi connectivity index (χ1) is 10.7. The molecule has 0 saturated carbocycles. The molecule has 0 radical (unpaired) electrons. The van der Waals surface area contributed by atoms with Crippen molar-refractivity contribution in [3.05, 3.63) is 28.8 Å². The number of rotatable bonds is 2. The zero-order chi connectivity index (χ0) is 17.2. The van der Waals surface area contributed by atoms with E-state index in [1.54, 1.807) is 25.1 Å². The van der Waals surface area contributed by atoms with Gasteiger partial charge in [0.15, 0.2) is 0 Å². The number of carbonyl (C=O) groups is 2. The van der Waals surface area contributed by atoms with Crippen molar-refractivity contribution >= 4 is 29.1 Å². The van der Waals surface area contributed by atoms with E-state index in [9.17, 15) is 22.8 Å². The van der Waals surface area contributed by atoms with E-state index in [-0.39, 0.29) is 31.8 Å². The van der Waals surface area contributed by atoms with Crippen molar-refractivity contribution in [2.45, 2.75) is 25.9 Å². The Kier molecular flexibility index (Phi) is 5.19. The standard InChI is InChI=1S/C15H16ClF3N2O2/c1-9-11(16)3-2-4-12(9)20-13(22)10-5-7-21(8-6-10)14(23)15(17,18)19/h2-4,10H,5-8H2,1H3,(H,20,22). The maximum Gasteiger partial charge on any atom is 0.471 e. The van der Waals surface area contributed by atoms with Gasteiger partial charge >= 0.3 is 12.1 Å². The highest BCUT2D eigenvalue weighted by molar-refractivity contribution is 6.31. The second kappa shape index (κ2) is 6.78. The van der Waals surface area contributed by atoms with E-state index in [0.717, 1.165) is 10.5 Å². The van der Waals surface area contributed by atoms with Crippen molar-refractivity contribution in [1.29, 1.82) is 0 Å². The van der Waals surface area contributed by atoms with Gasteiger partial charge in [0.2, 0.25) is 5.91 Å². The molecule has 1 fully saturated rings. The third kappa shape index (κ3) is 4.16. The van der Waals surface area contributed by atoms with Gasteiger partial charge in [0.25, 0.3) is 0 Å². The molecule has 2 rings (SSSR count). The highest BCUT2D eigenvalue weighted by Gasteiger charge is 2.43. The normalized spacial score (nSPS) is 16.3. The molecule has 0 aromatic heterocycles. The zero-order valence-electron chi connectivity index (χ0n) is 12.4. The number of alkyl halides is 3. The van der Waals surface area contributed by atoms with Crippen LogP contribution in [-0.4, -0.2) is 36.0 Å². The average molecular weight is 349 g/mol. The van der Waals surface area contributed by atoms with Crippen LogP contribution < -0.4 is 5.32 Å². The molecule has 0 bridgehead atoms. The lowest BCUT2D eigenvalue weighted by molar-refractivity contribution is -0.186. The first-order valence-corrected chi connectivity index (χ1v) is 7.50. The lowest BCUT2D eigenvalue weighted by atomic mass is 9.95. The minimum absolute atomic E-state index is 0.0784. The molecule has 2 amide bonds. The van der Waals surface area contributed by atoms with Gasteiger partial charge in [-0.05, 0) is 37.5 Å². The maximum atomic E-state index is 12.4. The van der Waals surface area contributed by atoms with Crippen LogP contribution in [0.5, 0.6) is 0 Å². The van der Waals surface area contributed by atoms with Gasteiger partial charge in [-0.2, -0.15) is 13.2 Å². The summed E-state index contributed by atoms with van der Waals surface area (Å²) in [6.07, 6.45) is -4.46. The van der Waals surface area contributed by atoms with Crippen LogP contribution in [0.15, 0.2) is 18.2 Å². The highest BCUT2D eigenvalue weighted by Crippen LogP contribution is 2.27. The van der Waals surface area contributed by atoms with Crippen LogP contribution in [0, 0.1) is 12.8 Å². The second-order valence-electron chi connectivity index (χ2n) is 5.47. The van der Waals surface area contributed by atoms with Crippen LogP contribution in [0.3, 0.4) is 0 Å². The van der Waals surface area contributed by atoms with E-state index >= 15 is 0 Å². The Hall–Kier alpha value is -1.76. The molecule has 1 saturated heterocycles. The summed E-state index contributed by atoms with van der Waals surface area (Å²) in [5.41, 5.74) is 1.31. The van der Waals surface area contributed by atoms with E-state index in [1.807, 2.05) is 0 Å². The Bertz CT molecular complexity index is 611. The monoisotopic (exact) mass is 348 g/mol. The molecule has 1 aliphatic rings. The predicted molar refractivity (Wildman–Crippen MR) is 80.2 cm³/mol. The van der Waals surface area contributed by atoms with Crippen molar-refractivity contribution in [1.82, 2.24) is 4.90 Å². The number of piperidine rings is 1. The molecule has 0 unspecified atom stereocenters. The van der Waals surface area contributed by atoms with Crippen LogP contribution in [0.4, 0.5) is 18.9 Å². The van der Waals surface area contributed by atoms with Crippen molar-refractivity contribution in [2.24, 2.45) is 5.92 Å². The van der Waals surface area contributed by atoms with E-state index in [1.165, 1.54) is 0 Å². The Morgan fingerprint density at radius 2 is 1.87 bits per heavy atom. The van der Waals surface area contributed by atoms with Crippen LogP contribution in [0.1, 0.15) is 18.4 Å². The summed E-state index contributed by atoms with van der Waals surface area (Å²) in [4.78, 5) is 24.1. The quantitative estimate of drug-likeness (QED) is 0.890. The van der Waals surface area contributed by atoms with Gasteiger partial charge in [-0.1, -0.05) is 17.7 Å². The summed E-state index contributed by atoms with van der Waals surface area (Å²) in [5.74, 6) is -2.54. The smallest absolute Gasteiger partial charge is 0.335 e. The maximum absolute atomic E-state index is 12.4. The molecular formula is C15H16ClF3N2O2. The number of nitrogens with one attached hydrogen (secondary N) is 1. The first-order valence-electron chi connectivity index (χ1n) is 7.12. The minimum atomic E-state index is -4.87. The van der Waals surface area contributed by atoms with Gasteiger partial charge in [-0.15, -0.1) is 0 Å². The van der Waals surface area contributed by atoms with E-state index in [4.69, 9.17) is 11.6 Å². The van der Waals surface area contributed by atoms with Crippen molar-refractivity contribution in [2.75, 3.05) is 18.4 Å². The molecule has 23 heavy (non-hydrogen) atoms. The molecule has 1 N–H and O–H groups in total. The number of hydrogen-bond acceptors (Lipinski definition) is 2. The van der Waals surface area contributed by atoms with E-state index < -0.39 is 18.0 Å². The number of nitrogens with zero attached hydrogens (tertiary/aromatic N) is 1. The molecule has 4 nitrogen and oxygen atoms in total. The van der Waals surface area contributed by atoms with Gasteiger partial charge in [-0.3, -0.25) is 9.59 Å². The molecule has 0 atom stereocenters. The summed E-state index contributed by atoms with van der Waals surface area (Å²) in [7, 11) is 0. The van der Waals surface area contributed by atoms with Crippen LogP contribution in [0.25, 0.3) is 0 Å². The van der Waals surface area contributed by atoms with Crippen LogP contribution in [0.2, 0.25) is 5.02 Å². The van der Waals surface area contributed by atoms with Crippen molar-refractivity contribution < 1.29 is 22.8 Å². The summed E-state index contributed by atoms with van der Waals surface area (Å²) in [6, 6.07) is 5.12. The lowest BCUT2D eigenvalue weighted by Gasteiger charge is -2.31. The molecule has 8 heteroatoms. The van der Waals surface area contributed by atoms with Crippen LogP contribution in [-0.2, 0) is 9.59 Å². The van der Waals surface area contributed by atoms with Crippen LogP contribution >= 0.6 is 11.6 Å². The predicted octanol–water partition coefficient (Wildman–Crippen LogP) is 3.39. The van der Waals surface area contributed by atoms with Crippen molar-refractivity contribution in [3.8, 4) is 0 Å². The highest BCUT2D eigenvalue weighted by atomic mass is 35.5. The number of amides is 2. The Balaban J connectivity index is 1.94. The first kappa shape index (κ1) is 17.6. The molecule has 1 aromatic rings. The minimum Gasteiger partial charge on any atom is -0.335 e. The fourth-order valence-corrected chi connectivity index (χ4v) is 2.68. The largest absolute Gasteiger partial charge is 0.471 e. The number of carbonyl (C=O) groups excluding carboxylic acids is 2. The van der Waals surface area contributed by atoms with E-state index in [0.29, 0.717) is 10.7 Å². The SMILES string of the molecule is Cc1c(Cl)cccc1NC(=O)C1CCN(C(=O)C(F)(F)F)CC1. The zero-order valence-corrected chi connectivity index (χ0v) is 13.2. The average Bonchev–Trinajstić information content (AvgIpc) is 2.50. The second-order valence-corrected chi connectivity index (χ2v) is 5.87. The lowest BCUT2D eigenvalue weighted by Crippen LogP contribution is -2.46. The van der Waals surface area contributed by atoms with Crippen molar-refractivity contribution in [3.63, 3.8) is 0 Å². The molecule has 1 aromatic carbocycles. The van der Waals surface area contributed by atoms with E-state index in [2.05, 4.69) is 5.32 Å². The van der Waals surface area contributed by atoms with Gasteiger partial charge in [0, 0.05) is 29.7 Å². The Labute approximate surface area is 136 Å². The number of likely N-dealkylation sites (tertiary alicyclic amines) is 1. The molecule has 1 aliphatic heterocycles. The number of hydrogen-bond donors (Lipinski definition) is 1. The molecule has 1 heterocycles. The van der Waals surface area contributed by atoms with Gasteiger partial charge < -0.3 is 10.2 Å². The molecule has 0 aliphatic carbocycles. The fourth-order valence-electron chi connectivity index (χ4n) is 2.50. The third-order valence-corrected chi connectivity index (χ3v) is 4.33. The fraction of sp³-hybridized carbons (Fsp3) is 0.467. The third-order valence-electron chi connectivity index (χ3n) is 3.92. The molecule has 126 valence electrons. The summed E-state index contributed by atoms with van der Waals surface area (Å²) in [5, 5.41) is 3.27. The molecule has 0 spiro atoms. The number of benzene rings is 1. The topological polar surface area (TPSA) is 49.4 Å². The Morgan fingerprint density at radius 3 is 2.43 bits per heavy atom. The summed E-state index contributed by atoms with van der Waals surface area (Å²) < 4.78 is 37.1. The Morgan fingerprint density at radius 1 is 1.26 bits per heavy atom. The number of halogens is 4. The van der Waals surface area contributed by atoms with Gasteiger partial charge in [0.05, 0.1) is 0 Å².